The smallest absolute Gasteiger partial charge is 0.298 e. The number of benzene rings is 1. The summed E-state index contributed by atoms with van der Waals surface area (Å²) in [7, 11) is 0. The fourth-order valence-electron chi connectivity index (χ4n) is 2.97. The fourth-order valence-corrected chi connectivity index (χ4v) is 3.08. The van der Waals surface area contributed by atoms with E-state index in [0.717, 1.165) is 36.9 Å². The summed E-state index contributed by atoms with van der Waals surface area (Å²) in [6.07, 6.45) is 3.58. The molecule has 22 heavy (non-hydrogen) atoms. The summed E-state index contributed by atoms with van der Waals surface area (Å²) in [6.45, 7) is 2.50. The van der Waals surface area contributed by atoms with Crippen LogP contribution in [-0.4, -0.2) is 9.13 Å². The molecule has 1 aromatic heterocycles. The van der Waals surface area contributed by atoms with Crippen molar-refractivity contribution in [2.24, 2.45) is 0 Å². The van der Waals surface area contributed by atoms with Crippen molar-refractivity contribution < 1.29 is 21.1 Å². The van der Waals surface area contributed by atoms with E-state index >= 15 is 0 Å². The number of rotatable bonds is 2. The third-order valence-electron chi connectivity index (χ3n) is 3.98. The molecule has 0 unspecified atom stereocenters. The molecule has 1 aliphatic carbocycles. The molecule has 0 N–H and O–H groups in total. The SMILES string of the molecule is CCn1c2c(c(=O)n(-c3c[c-]c(Cl)cc3)c1=O)CCCC2.[W]. The number of nitrogens with zero attached hydrogens (tertiary/aromatic N) is 2. The van der Waals surface area contributed by atoms with Crippen LogP contribution in [0.3, 0.4) is 0 Å². The van der Waals surface area contributed by atoms with Gasteiger partial charge in [0.05, 0.1) is 0 Å². The maximum absolute atomic E-state index is 12.7. The van der Waals surface area contributed by atoms with Gasteiger partial charge in [0.25, 0.3) is 5.56 Å². The molecule has 0 saturated carbocycles. The van der Waals surface area contributed by atoms with Gasteiger partial charge in [-0.05, 0) is 32.6 Å². The summed E-state index contributed by atoms with van der Waals surface area (Å²) >= 11 is 5.83. The Kier molecular flexibility index (Phi) is 5.46. The van der Waals surface area contributed by atoms with E-state index < -0.39 is 0 Å². The number of hydrogen-bond donors (Lipinski definition) is 0. The monoisotopic (exact) mass is 487 g/mol. The number of fused-ring (bicyclic) bond motifs is 1. The topological polar surface area (TPSA) is 44.0 Å². The Morgan fingerprint density at radius 3 is 2.59 bits per heavy atom. The van der Waals surface area contributed by atoms with Gasteiger partial charge in [0.1, 0.15) is 0 Å². The van der Waals surface area contributed by atoms with Crippen LogP contribution in [0.1, 0.15) is 31.0 Å². The van der Waals surface area contributed by atoms with Crippen molar-refractivity contribution in [2.75, 3.05) is 0 Å². The Bertz CT molecular complexity index is 762. The summed E-state index contributed by atoms with van der Waals surface area (Å²) in [5, 5.41) is 0.459. The third kappa shape index (κ3) is 2.87. The van der Waals surface area contributed by atoms with Crippen LogP contribution in [-0.2, 0) is 40.5 Å². The first-order valence-electron chi connectivity index (χ1n) is 7.18. The Hall–Kier alpha value is -1.12. The molecule has 6 heteroatoms. The average Bonchev–Trinajstić information content (AvgIpc) is 2.50. The minimum Gasteiger partial charge on any atom is -0.298 e. The van der Waals surface area contributed by atoms with Crippen molar-refractivity contribution in [3.63, 3.8) is 0 Å². The van der Waals surface area contributed by atoms with Crippen molar-refractivity contribution in [2.45, 2.75) is 39.2 Å². The molecule has 0 saturated heterocycles. The van der Waals surface area contributed by atoms with Crippen LogP contribution in [0.15, 0.2) is 27.8 Å². The molecular formula is C16H16ClN2O2W-. The molecule has 0 aliphatic heterocycles. The van der Waals surface area contributed by atoms with Crippen molar-refractivity contribution in [3.05, 3.63) is 61.4 Å². The molecule has 1 heterocycles. The molecule has 1 aromatic carbocycles. The predicted molar refractivity (Wildman–Crippen MR) is 82.5 cm³/mol. The van der Waals surface area contributed by atoms with Gasteiger partial charge in [-0.15, -0.1) is 17.7 Å². The normalized spacial score (nSPS) is 13.4. The van der Waals surface area contributed by atoms with Crippen molar-refractivity contribution in [3.8, 4) is 5.69 Å². The van der Waals surface area contributed by atoms with Gasteiger partial charge < -0.3 is 0 Å². The van der Waals surface area contributed by atoms with Gasteiger partial charge in [-0.1, -0.05) is 10.7 Å². The Balaban J connectivity index is 0.00000176. The van der Waals surface area contributed by atoms with E-state index in [2.05, 4.69) is 6.07 Å². The van der Waals surface area contributed by atoms with Gasteiger partial charge >= 0.3 is 5.69 Å². The van der Waals surface area contributed by atoms with E-state index in [-0.39, 0.29) is 32.3 Å². The summed E-state index contributed by atoms with van der Waals surface area (Å²) < 4.78 is 2.95. The Morgan fingerprint density at radius 2 is 1.95 bits per heavy atom. The molecule has 0 radical (unpaired) electrons. The average molecular weight is 488 g/mol. The van der Waals surface area contributed by atoms with Crippen LogP contribution >= 0.6 is 11.6 Å². The van der Waals surface area contributed by atoms with E-state index in [4.69, 9.17) is 11.6 Å². The van der Waals surface area contributed by atoms with E-state index in [0.29, 0.717) is 17.3 Å². The van der Waals surface area contributed by atoms with Crippen LogP contribution in [0.5, 0.6) is 0 Å². The van der Waals surface area contributed by atoms with Gasteiger partial charge in [0.2, 0.25) is 0 Å². The molecule has 116 valence electrons. The minimum atomic E-state index is -0.279. The fraction of sp³-hybridized carbons (Fsp3) is 0.375. The molecule has 0 spiro atoms. The zero-order chi connectivity index (χ0) is 15.0. The molecular weight excluding hydrogens is 471 g/mol. The first kappa shape index (κ1) is 17.2. The van der Waals surface area contributed by atoms with E-state index in [1.807, 2.05) is 6.92 Å². The quantitative estimate of drug-likeness (QED) is 0.611. The van der Waals surface area contributed by atoms with Gasteiger partial charge in [0, 0.05) is 38.9 Å². The van der Waals surface area contributed by atoms with E-state index in [9.17, 15) is 9.59 Å². The molecule has 1 aliphatic rings. The summed E-state index contributed by atoms with van der Waals surface area (Å²) in [4.78, 5) is 25.3. The first-order chi connectivity index (χ1) is 10.1. The Morgan fingerprint density at radius 1 is 1.23 bits per heavy atom. The molecule has 4 nitrogen and oxygen atoms in total. The minimum absolute atomic E-state index is 0. The molecule has 0 bridgehead atoms. The largest absolute Gasteiger partial charge is 0.324 e. The second-order valence-corrected chi connectivity index (χ2v) is 5.60. The zero-order valence-electron chi connectivity index (χ0n) is 12.3. The maximum atomic E-state index is 12.7. The maximum Gasteiger partial charge on any atom is 0.324 e. The second kappa shape index (κ2) is 6.97. The second-order valence-electron chi connectivity index (χ2n) is 5.19. The number of aromatic nitrogens is 2. The predicted octanol–water partition coefficient (Wildman–Crippen LogP) is 2.35. The van der Waals surface area contributed by atoms with Crippen LogP contribution in [0, 0.1) is 6.07 Å². The van der Waals surface area contributed by atoms with Gasteiger partial charge in [-0.2, -0.15) is 18.2 Å². The number of halogens is 1. The van der Waals surface area contributed by atoms with Crippen molar-refractivity contribution >= 4 is 11.6 Å². The Labute approximate surface area is 148 Å². The van der Waals surface area contributed by atoms with Gasteiger partial charge in [-0.25, -0.2) is 4.79 Å². The third-order valence-corrected chi connectivity index (χ3v) is 4.22. The summed E-state index contributed by atoms with van der Waals surface area (Å²) in [6, 6.07) is 7.73. The van der Waals surface area contributed by atoms with Crippen molar-refractivity contribution in [1.82, 2.24) is 9.13 Å². The van der Waals surface area contributed by atoms with Crippen LogP contribution in [0.2, 0.25) is 5.02 Å². The summed E-state index contributed by atoms with van der Waals surface area (Å²) in [5.41, 5.74) is 1.73. The zero-order valence-corrected chi connectivity index (χ0v) is 16.0. The summed E-state index contributed by atoms with van der Waals surface area (Å²) in [5.74, 6) is 0. The molecule has 2 aromatic rings. The first-order valence-corrected chi connectivity index (χ1v) is 7.56. The molecule has 3 rings (SSSR count). The molecule has 0 fully saturated rings. The van der Waals surface area contributed by atoms with Crippen LogP contribution < -0.4 is 11.2 Å². The van der Waals surface area contributed by atoms with E-state index in [1.165, 1.54) is 4.57 Å². The molecule has 0 amide bonds. The molecule has 0 atom stereocenters. The van der Waals surface area contributed by atoms with Gasteiger partial charge in [-0.3, -0.25) is 13.9 Å². The van der Waals surface area contributed by atoms with E-state index in [1.54, 1.807) is 22.8 Å². The van der Waals surface area contributed by atoms with Crippen LogP contribution in [0.25, 0.3) is 5.69 Å². The number of hydrogen-bond acceptors (Lipinski definition) is 2. The van der Waals surface area contributed by atoms with Crippen molar-refractivity contribution in [1.29, 1.82) is 0 Å². The van der Waals surface area contributed by atoms with Crippen LogP contribution in [0.4, 0.5) is 0 Å². The standard InChI is InChI=1S/C16H16ClN2O2.W/c1-2-18-14-6-4-3-5-13(14)15(20)19(16(18)21)12-9-7-11(17)8-10-12;/h7,9-10H,2-6H2,1H3;/q-1;. The van der Waals surface area contributed by atoms with Gasteiger partial charge in [0.15, 0.2) is 0 Å².